The zero-order chi connectivity index (χ0) is 38.3. The van der Waals surface area contributed by atoms with Crippen LogP contribution < -0.4 is 9.80 Å². The predicted molar refractivity (Wildman–Crippen MR) is 228 cm³/mol. The molecule has 0 spiro atoms. The van der Waals surface area contributed by atoms with Gasteiger partial charge in [-0.05, 0) is 108 Å². The standard InChI is InChI=1S/C50H39N5.Pt/c1-31-27-32(2)47(33(3)28-31)37-30-45-49(53-41-18-10-12-20-43(41)54(45)35-15-7-6-8-16-35)48-36(37)23-25-40(52-48)34-22-24-39-44(29-34)55(46-21-13-14-26-51-46)42-19-11-9-17-38(42)50(39,4)5;/h6-28,30H,1-5H3;/q-2;+2/i13D;. The van der Waals surface area contributed by atoms with E-state index in [1.165, 1.54) is 27.8 Å². The maximum Gasteiger partial charge on any atom is 2.00 e. The molecule has 5 nitrogen and oxygen atoms in total. The second kappa shape index (κ2) is 13.6. The van der Waals surface area contributed by atoms with E-state index >= 15 is 0 Å². The fourth-order valence-electron chi connectivity index (χ4n) is 8.81. The Labute approximate surface area is 344 Å². The number of aromatic nitrogens is 2. The van der Waals surface area contributed by atoms with E-state index in [0.29, 0.717) is 11.9 Å². The number of nitrogens with zero attached hydrogens (tertiary/aromatic N) is 5. The van der Waals surface area contributed by atoms with Gasteiger partial charge in [0.25, 0.3) is 0 Å². The van der Waals surface area contributed by atoms with E-state index in [1.54, 1.807) is 12.3 Å². The van der Waals surface area contributed by atoms with Gasteiger partial charge in [0.2, 0.25) is 0 Å². The Morgan fingerprint density at radius 2 is 1.43 bits per heavy atom. The van der Waals surface area contributed by atoms with Crippen LogP contribution >= 0.6 is 0 Å². The van der Waals surface area contributed by atoms with Crippen molar-refractivity contribution in [2.45, 2.75) is 40.0 Å². The minimum absolute atomic E-state index is 0. The minimum atomic E-state index is -0.294. The minimum Gasteiger partial charge on any atom is -0.653 e. The molecule has 2 aromatic heterocycles. The van der Waals surface area contributed by atoms with Gasteiger partial charge in [-0.25, -0.2) is 4.98 Å². The summed E-state index contributed by atoms with van der Waals surface area (Å²) in [5.41, 5.74) is 17.3. The van der Waals surface area contributed by atoms with Gasteiger partial charge in [0.05, 0.1) is 1.37 Å². The van der Waals surface area contributed by atoms with Crippen molar-refractivity contribution in [3.05, 3.63) is 185 Å². The van der Waals surface area contributed by atoms with Gasteiger partial charge in [0.1, 0.15) is 5.82 Å². The zero-order valence-corrected chi connectivity index (χ0v) is 34.1. The SMILES string of the molecule is [2H]c1ccnc(N2c3[c-]c(-c4ccc5c(-c6c(C)cc(C)cc6C)cc6c(c5n4)[N-]c4ccccc4N6c4ccccc4)ccc3C(C)(C)c3ccccc32)c1.[Pt+2]. The van der Waals surface area contributed by atoms with Crippen LogP contribution in [0.2, 0.25) is 0 Å². The molecule has 10 rings (SSSR count). The van der Waals surface area contributed by atoms with Gasteiger partial charge < -0.3 is 15.1 Å². The molecule has 6 heteroatoms. The molecular weight excluding hydrogens is 866 g/mol. The molecular formula is C50H39N5Pt. The Morgan fingerprint density at radius 1 is 0.696 bits per heavy atom. The second-order valence-corrected chi connectivity index (χ2v) is 15.2. The first-order valence-electron chi connectivity index (χ1n) is 19.3. The van der Waals surface area contributed by atoms with Crippen LogP contribution in [0.1, 0.15) is 43.0 Å². The van der Waals surface area contributed by atoms with Gasteiger partial charge in [-0.15, -0.1) is 29.4 Å². The van der Waals surface area contributed by atoms with Crippen LogP contribution in [-0.2, 0) is 26.5 Å². The van der Waals surface area contributed by atoms with Crippen molar-refractivity contribution in [1.29, 1.82) is 0 Å². The Bertz CT molecular complexity index is 2860. The number of aryl methyl sites for hydroxylation is 3. The van der Waals surface area contributed by atoms with E-state index in [0.717, 1.165) is 73.1 Å². The van der Waals surface area contributed by atoms with Crippen LogP contribution in [-0.4, -0.2) is 9.97 Å². The number of anilines is 6. The third-order valence-corrected chi connectivity index (χ3v) is 11.2. The van der Waals surface area contributed by atoms with Crippen LogP contribution in [0.3, 0.4) is 0 Å². The molecule has 0 amide bonds. The maximum atomic E-state index is 8.46. The first-order valence-corrected chi connectivity index (χ1v) is 18.8. The summed E-state index contributed by atoms with van der Waals surface area (Å²) >= 11 is 0. The summed E-state index contributed by atoms with van der Waals surface area (Å²) < 4.78 is 8.46. The number of fused-ring (bicyclic) bond motifs is 6. The Morgan fingerprint density at radius 3 is 2.21 bits per heavy atom. The molecule has 274 valence electrons. The van der Waals surface area contributed by atoms with Crippen LogP contribution in [0.4, 0.5) is 45.6 Å². The fourth-order valence-corrected chi connectivity index (χ4v) is 8.81. The van der Waals surface area contributed by atoms with Gasteiger partial charge in [0.15, 0.2) is 0 Å². The molecule has 4 heterocycles. The van der Waals surface area contributed by atoms with Crippen molar-refractivity contribution < 1.29 is 22.4 Å². The summed E-state index contributed by atoms with van der Waals surface area (Å²) in [6.07, 6.45) is 1.70. The van der Waals surface area contributed by atoms with E-state index in [9.17, 15) is 0 Å². The first kappa shape index (κ1) is 34.5. The number of benzene rings is 6. The Kier molecular flexibility index (Phi) is 8.38. The van der Waals surface area contributed by atoms with E-state index < -0.39 is 0 Å². The van der Waals surface area contributed by atoms with Crippen molar-refractivity contribution in [3.8, 4) is 22.4 Å². The smallest absolute Gasteiger partial charge is 0.653 e. The number of pyridine rings is 2. The molecule has 0 saturated carbocycles. The molecule has 2 aliphatic rings. The number of hydrogen-bond acceptors (Lipinski definition) is 4. The molecule has 0 aliphatic carbocycles. The topological polar surface area (TPSA) is 46.4 Å². The average Bonchev–Trinajstić information content (AvgIpc) is 3.20. The molecule has 56 heavy (non-hydrogen) atoms. The molecule has 0 radical (unpaired) electrons. The third kappa shape index (κ3) is 5.56. The predicted octanol–water partition coefficient (Wildman–Crippen LogP) is 13.9. The molecule has 0 atom stereocenters. The van der Waals surface area contributed by atoms with Gasteiger partial charge >= 0.3 is 21.1 Å². The number of para-hydroxylation sites is 4. The van der Waals surface area contributed by atoms with Crippen molar-refractivity contribution in [1.82, 2.24) is 9.97 Å². The van der Waals surface area contributed by atoms with Crippen LogP contribution in [0.25, 0.3) is 38.6 Å². The third-order valence-electron chi connectivity index (χ3n) is 11.2. The van der Waals surface area contributed by atoms with Crippen molar-refractivity contribution in [3.63, 3.8) is 0 Å². The maximum absolute atomic E-state index is 8.46. The zero-order valence-electron chi connectivity index (χ0n) is 32.8. The van der Waals surface area contributed by atoms with Gasteiger partial charge in [-0.2, -0.15) is 0 Å². The summed E-state index contributed by atoms with van der Waals surface area (Å²) in [7, 11) is 0. The largest absolute Gasteiger partial charge is 2.00 e. The van der Waals surface area contributed by atoms with Crippen LogP contribution in [0, 0.1) is 26.8 Å². The average molecular weight is 906 g/mol. The second-order valence-electron chi connectivity index (χ2n) is 15.2. The van der Waals surface area contributed by atoms with Crippen molar-refractivity contribution >= 4 is 56.5 Å². The van der Waals surface area contributed by atoms with E-state index in [4.69, 9.17) is 16.7 Å². The quantitative estimate of drug-likeness (QED) is 0.165. The monoisotopic (exact) mass is 905 g/mol. The fraction of sp³-hybridized carbons (Fsp3) is 0.120. The number of hydrogen-bond donors (Lipinski definition) is 0. The normalized spacial score (nSPS) is 13.8. The summed E-state index contributed by atoms with van der Waals surface area (Å²) in [5.74, 6) is 0.683. The van der Waals surface area contributed by atoms with Gasteiger partial charge in [-0.3, -0.25) is 4.98 Å². The van der Waals surface area contributed by atoms with Crippen LogP contribution in [0.5, 0.6) is 0 Å². The summed E-state index contributed by atoms with van der Waals surface area (Å²) in [6, 6.07) is 50.6. The molecule has 0 saturated heterocycles. The van der Waals surface area contributed by atoms with Crippen molar-refractivity contribution in [2.24, 2.45) is 0 Å². The summed E-state index contributed by atoms with van der Waals surface area (Å²) in [6.45, 7) is 11.1. The van der Waals surface area contributed by atoms with Crippen molar-refractivity contribution in [2.75, 3.05) is 9.80 Å². The Balaban J connectivity index is 0.00000422. The van der Waals surface area contributed by atoms with Gasteiger partial charge in [-0.1, -0.05) is 116 Å². The molecule has 2 aliphatic heterocycles. The summed E-state index contributed by atoms with van der Waals surface area (Å²) in [5, 5.41) is 6.41. The first-order chi connectivity index (χ1) is 27.2. The van der Waals surface area contributed by atoms with Crippen LogP contribution in [0.15, 0.2) is 146 Å². The molecule has 0 unspecified atom stereocenters. The summed E-state index contributed by atoms with van der Waals surface area (Å²) in [4.78, 5) is 14.8. The van der Waals surface area contributed by atoms with E-state index in [-0.39, 0.29) is 26.5 Å². The van der Waals surface area contributed by atoms with E-state index in [2.05, 4.69) is 166 Å². The van der Waals surface area contributed by atoms with E-state index in [1.807, 2.05) is 12.1 Å². The molecule has 6 aromatic carbocycles. The Hall–Kier alpha value is -6.03. The molecule has 0 N–H and O–H groups in total. The number of rotatable bonds is 4. The molecule has 8 aromatic rings. The molecule has 0 bridgehead atoms. The molecule has 0 fully saturated rings. The van der Waals surface area contributed by atoms with Gasteiger partial charge in [0, 0.05) is 39.8 Å².